The number of aliphatic hydroxyl groups excluding tert-OH is 1. The molecular weight excluding hydrogens is 302 g/mol. The van der Waals surface area contributed by atoms with Crippen LogP contribution >= 0.6 is 0 Å². The van der Waals surface area contributed by atoms with Crippen LogP contribution in [0.2, 0.25) is 0 Å². The summed E-state index contributed by atoms with van der Waals surface area (Å²) < 4.78 is 1.64. The van der Waals surface area contributed by atoms with E-state index < -0.39 is 11.5 Å². The predicted molar refractivity (Wildman–Crippen MR) is 94.6 cm³/mol. The summed E-state index contributed by atoms with van der Waals surface area (Å²) in [6, 6.07) is 8.03. The van der Waals surface area contributed by atoms with Gasteiger partial charge in [0.15, 0.2) is 5.82 Å². The molecular formula is C19H23N3O2. The standard InChI is InChI=1S/C19H23N3O2/c1-19(2,3)16(23)17-20-13-9-5-4-8-12(13)18(24)22(17)21-14-10-6-7-11-15(14)21/h4-9,14-16,23H,10-11H2,1-3H3/t14?,15?,16-,21?/m1/s1. The Morgan fingerprint density at radius 1 is 1.17 bits per heavy atom. The van der Waals surface area contributed by atoms with Crippen LogP contribution in [0.3, 0.4) is 0 Å². The summed E-state index contributed by atoms with van der Waals surface area (Å²) in [7, 11) is 0. The van der Waals surface area contributed by atoms with Crippen molar-refractivity contribution >= 4 is 10.9 Å². The van der Waals surface area contributed by atoms with E-state index in [2.05, 4.69) is 22.1 Å². The number of aromatic nitrogens is 2. The maximum Gasteiger partial charge on any atom is 0.280 e. The first-order valence-corrected chi connectivity index (χ1v) is 8.53. The third-order valence-corrected chi connectivity index (χ3v) is 5.03. The van der Waals surface area contributed by atoms with Gasteiger partial charge < -0.3 is 5.11 Å². The second-order valence-corrected chi connectivity index (χ2v) is 7.83. The SMILES string of the molecule is CC(C)(C)[C@H](O)c1nc2ccccc2c(=O)n1N1C2CC=CCC21. The molecule has 5 heteroatoms. The number of nitrogens with zero attached hydrogens (tertiary/aromatic N) is 3. The number of fused-ring (bicyclic) bond motifs is 2. The molecule has 1 fully saturated rings. The summed E-state index contributed by atoms with van der Waals surface area (Å²) in [5.74, 6) is 0.445. The fourth-order valence-corrected chi connectivity index (χ4v) is 3.55. The first-order chi connectivity index (χ1) is 11.4. The highest BCUT2D eigenvalue weighted by Crippen LogP contribution is 2.38. The molecule has 1 aliphatic carbocycles. The molecule has 2 unspecified atom stereocenters. The van der Waals surface area contributed by atoms with Crippen molar-refractivity contribution in [2.75, 3.05) is 5.01 Å². The molecule has 3 atom stereocenters. The summed E-state index contributed by atoms with van der Waals surface area (Å²) in [5.41, 5.74) is 0.150. The maximum absolute atomic E-state index is 13.2. The zero-order chi connectivity index (χ0) is 17.1. The minimum Gasteiger partial charge on any atom is -0.385 e. The van der Waals surface area contributed by atoms with Gasteiger partial charge in [-0.25, -0.2) is 9.66 Å². The number of hydrogen-bond donors (Lipinski definition) is 1. The molecule has 1 N–H and O–H groups in total. The summed E-state index contributed by atoms with van der Waals surface area (Å²) in [5, 5.41) is 13.6. The van der Waals surface area contributed by atoms with Crippen LogP contribution in [-0.2, 0) is 0 Å². The van der Waals surface area contributed by atoms with Crippen LogP contribution in [0.15, 0.2) is 41.2 Å². The molecule has 4 rings (SSSR count). The van der Waals surface area contributed by atoms with Crippen LogP contribution in [0.5, 0.6) is 0 Å². The molecule has 24 heavy (non-hydrogen) atoms. The second kappa shape index (κ2) is 5.18. The Balaban J connectivity index is 1.93. The molecule has 0 amide bonds. The van der Waals surface area contributed by atoms with Crippen LogP contribution in [0.1, 0.15) is 45.5 Å². The number of para-hydroxylation sites is 1. The Hall–Kier alpha value is -2.14. The fourth-order valence-electron chi connectivity index (χ4n) is 3.55. The van der Waals surface area contributed by atoms with E-state index in [-0.39, 0.29) is 5.56 Å². The molecule has 2 aromatic rings. The van der Waals surface area contributed by atoms with E-state index in [9.17, 15) is 9.90 Å². The smallest absolute Gasteiger partial charge is 0.280 e. The lowest BCUT2D eigenvalue weighted by Gasteiger charge is -2.28. The molecule has 0 spiro atoms. The van der Waals surface area contributed by atoms with Gasteiger partial charge in [0.05, 0.1) is 23.0 Å². The van der Waals surface area contributed by atoms with Gasteiger partial charge in [-0.3, -0.25) is 9.80 Å². The molecule has 2 heterocycles. The van der Waals surface area contributed by atoms with Gasteiger partial charge in [0.2, 0.25) is 0 Å². The normalized spacial score (nSPS) is 24.1. The topological polar surface area (TPSA) is 58.1 Å². The minimum atomic E-state index is -0.814. The van der Waals surface area contributed by atoms with Gasteiger partial charge >= 0.3 is 0 Å². The number of benzene rings is 1. The van der Waals surface area contributed by atoms with Crippen LogP contribution < -0.4 is 10.6 Å². The quantitative estimate of drug-likeness (QED) is 0.681. The van der Waals surface area contributed by atoms with Crippen LogP contribution in [0.4, 0.5) is 0 Å². The Labute approximate surface area is 141 Å². The van der Waals surface area contributed by atoms with Crippen molar-refractivity contribution in [3.05, 3.63) is 52.6 Å². The molecule has 1 aromatic carbocycles. The lowest BCUT2D eigenvalue weighted by molar-refractivity contribution is 0.0511. The highest BCUT2D eigenvalue weighted by molar-refractivity contribution is 5.77. The van der Waals surface area contributed by atoms with Crippen molar-refractivity contribution in [3.8, 4) is 0 Å². The van der Waals surface area contributed by atoms with Gasteiger partial charge in [0.25, 0.3) is 5.56 Å². The van der Waals surface area contributed by atoms with Crippen molar-refractivity contribution in [2.45, 2.75) is 51.8 Å². The van der Waals surface area contributed by atoms with Gasteiger partial charge in [0, 0.05) is 0 Å². The van der Waals surface area contributed by atoms with E-state index in [1.807, 2.05) is 39.0 Å². The van der Waals surface area contributed by atoms with Crippen molar-refractivity contribution in [3.63, 3.8) is 0 Å². The molecule has 5 nitrogen and oxygen atoms in total. The maximum atomic E-state index is 13.2. The summed E-state index contributed by atoms with van der Waals surface area (Å²) in [4.78, 5) is 17.8. The van der Waals surface area contributed by atoms with Crippen molar-refractivity contribution in [1.29, 1.82) is 0 Å². The monoisotopic (exact) mass is 325 g/mol. The zero-order valence-corrected chi connectivity index (χ0v) is 14.3. The van der Waals surface area contributed by atoms with Crippen molar-refractivity contribution in [2.24, 2.45) is 5.41 Å². The predicted octanol–water partition coefficient (Wildman–Crippen LogP) is 2.51. The van der Waals surface area contributed by atoms with E-state index in [0.29, 0.717) is 28.8 Å². The highest BCUT2D eigenvalue weighted by atomic mass is 16.3. The highest BCUT2D eigenvalue weighted by Gasteiger charge is 2.50. The summed E-state index contributed by atoms with van der Waals surface area (Å²) in [6.07, 6.45) is 5.40. The first kappa shape index (κ1) is 15.4. The number of rotatable bonds is 2. The number of aliphatic hydroxyl groups is 1. The third kappa shape index (κ3) is 2.26. The van der Waals surface area contributed by atoms with Crippen LogP contribution in [0, 0.1) is 5.41 Å². The van der Waals surface area contributed by atoms with Crippen LogP contribution in [0.25, 0.3) is 10.9 Å². The molecule has 1 aliphatic heterocycles. The molecule has 1 aromatic heterocycles. The largest absolute Gasteiger partial charge is 0.385 e. The third-order valence-electron chi connectivity index (χ3n) is 5.03. The van der Waals surface area contributed by atoms with E-state index in [1.165, 1.54) is 0 Å². The minimum absolute atomic E-state index is 0.0895. The lowest BCUT2D eigenvalue weighted by atomic mass is 9.88. The molecule has 126 valence electrons. The molecule has 0 radical (unpaired) electrons. The zero-order valence-electron chi connectivity index (χ0n) is 14.3. The number of hydrogen-bond acceptors (Lipinski definition) is 4. The van der Waals surface area contributed by atoms with Crippen molar-refractivity contribution < 1.29 is 5.11 Å². The van der Waals surface area contributed by atoms with E-state index in [0.717, 1.165) is 12.8 Å². The average molecular weight is 325 g/mol. The summed E-state index contributed by atoms with van der Waals surface area (Å²) in [6.45, 7) is 5.88. The van der Waals surface area contributed by atoms with Crippen molar-refractivity contribution in [1.82, 2.24) is 9.66 Å². The average Bonchev–Trinajstić information content (AvgIpc) is 3.27. The fraction of sp³-hybridized carbons (Fsp3) is 0.474. The Bertz CT molecular complexity index is 864. The molecule has 0 saturated carbocycles. The van der Waals surface area contributed by atoms with E-state index in [1.54, 1.807) is 10.7 Å². The Kier molecular flexibility index (Phi) is 3.32. The molecule has 2 aliphatic rings. The first-order valence-electron chi connectivity index (χ1n) is 8.53. The molecule has 0 bridgehead atoms. The van der Waals surface area contributed by atoms with Gasteiger partial charge in [-0.15, -0.1) is 0 Å². The van der Waals surface area contributed by atoms with Gasteiger partial charge in [-0.2, -0.15) is 0 Å². The van der Waals surface area contributed by atoms with Crippen LogP contribution in [-0.4, -0.2) is 26.9 Å². The Morgan fingerprint density at radius 2 is 1.79 bits per heavy atom. The van der Waals surface area contributed by atoms with Gasteiger partial charge in [0.1, 0.15) is 6.10 Å². The van der Waals surface area contributed by atoms with E-state index in [4.69, 9.17) is 0 Å². The van der Waals surface area contributed by atoms with E-state index >= 15 is 0 Å². The summed E-state index contributed by atoms with van der Waals surface area (Å²) >= 11 is 0. The lowest BCUT2D eigenvalue weighted by Crippen LogP contribution is -2.38. The Morgan fingerprint density at radius 3 is 2.42 bits per heavy atom. The van der Waals surface area contributed by atoms with Gasteiger partial charge in [-0.1, -0.05) is 45.1 Å². The molecule has 1 saturated heterocycles. The van der Waals surface area contributed by atoms with Gasteiger partial charge in [-0.05, 0) is 30.4 Å². The second-order valence-electron chi connectivity index (χ2n) is 7.83.